The zero-order valence-corrected chi connectivity index (χ0v) is 13.3. The van der Waals surface area contributed by atoms with Gasteiger partial charge in [-0.1, -0.05) is 18.2 Å². The lowest BCUT2D eigenvalue weighted by molar-refractivity contribution is -0.115. The third-order valence-corrected chi connectivity index (χ3v) is 4.34. The molecule has 24 heavy (non-hydrogen) atoms. The van der Waals surface area contributed by atoms with Gasteiger partial charge in [-0.05, 0) is 24.5 Å². The van der Waals surface area contributed by atoms with E-state index >= 15 is 0 Å². The molecule has 0 aliphatic carbocycles. The third-order valence-electron chi connectivity index (χ3n) is 4.34. The molecule has 1 aliphatic heterocycles. The fourth-order valence-electron chi connectivity index (χ4n) is 3.12. The van der Waals surface area contributed by atoms with E-state index in [-0.39, 0.29) is 5.91 Å². The molecule has 2 N–H and O–H groups in total. The number of anilines is 2. The molecule has 1 fully saturated rings. The maximum absolute atomic E-state index is 12.3. The summed E-state index contributed by atoms with van der Waals surface area (Å²) in [7, 11) is 0. The number of carbonyl (C=O) groups is 1. The monoisotopic (exact) mass is 321 g/mol. The van der Waals surface area contributed by atoms with E-state index < -0.39 is 0 Å². The van der Waals surface area contributed by atoms with E-state index in [1.54, 1.807) is 12.4 Å². The molecule has 0 atom stereocenters. The Morgan fingerprint density at radius 3 is 2.71 bits per heavy atom. The Bertz CT molecular complexity index is 849. The summed E-state index contributed by atoms with van der Waals surface area (Å²) in [6.07, 6.45) is 7.93. The topological polar surface area (TPSA) is 73.9 Å². The zero-order chi connectivity index (χ0) is 16.4. The maximum atomic E-state index is 12.3. The Hall–Kier alpha value is -2.89. The molecule has 0 bridgehead atoms. The van der Waals surface area contributed by atoms with Crippen LogP contribution < -0.4 is 10.2 Å². The molecular weight excluding hydrogens is 302 g/mol. The van der Waals surface area contributed by atoms with Crippen molar-refractivity contribution in [1.29, 1.82) is 0 Å². The average molecular weight is 321 g/mol. The minimum Gasteiger partial charge on any atom is -0.361 e. The van der Waals surface area contributed by atoms with Crippen molar-refractivity contribution in [1.82, 2.24) is 15.0 Å². The highest BCUT2D eigenvalue weighted by molar-refractivity contribution is 5.95. The fourth-order valence-corrected chi connectivity index (χ4v) is 3.12. The van der Waals surface area contributed by atoms with Crippen LogP contribution in [0.25, 0.3) is 10.9 Å². The Morgan fingerprint density at radius 1 is 1.17 bits per heavy atom. The summed E-state index contributed by atoms with van der Waals surface area (Å²) in [5.74, 6) is 0.666. The van der Waals surface area contributed by atoms with Crippen LogP contribution in [0.15, 0.2) is 42.9 Å². The van der Waals surface area contributed by atoms with E-state index in [9.17, 15) is 4.79 Å². The Kier molecular flexibility index (Phi) is 3.86. The molecule has 122 valence electrons. The van der Waals surface area contributed by atoms with Crippen molar-refractivity contribution in [2.24, 2.45) is 0 Å². The van der Waals surface area contributed by atoms with Gasteiger partial charge >= 0.3 is 0 Å². The number of amides is 1. The molecule has 0 saturated carbocycles. The van der Waals surface area contributed by atoms with Gasteiger partial charge in [-0.2, -0.15) is 0 Å². The van der Waals surface area contributed by atoms with E-state index in [1.165, 1.54) is 12.8 Å². The van der Waals surface area contributed by atoms with Crippen molar-refractivity contribution in [3.8, 4) is 0 Å². The number of hydrogen-bond donors (Lipinski definition) is 2. The van der Waals surface area contributed by atoms with Crippen molar-refractivity contribution in [3.05, 3.63) is 48.4 Å². The number of nitrogens with one attached hydrogen (secondary N) is 2. The van der Waals surface area contributed by atoms with Gasteiger partial charge in [-0.15, -0.1) is 0 Å². The summed E-state index contributed by atoms with van der Waals surface area (Å²) in [6.45, 7) is 2.01. The summed E-state index contributed by atoms with van der Waals surface area (Å²) in [5.41, 5.74) is 2.65. The molecule has 1 saturated heterocycles. The molecule has 3 aromatic rings. The highest BCUT2D eigenvalue weighted by Crippen LogP contribution is 2.19. The smallest absolute Gasteiger partial charge is 0.228 e. The fraction of sp³-hybridized carbons (Fsp3) is 0.278. The second kappa shape index (κ2) is 6.31. The van der Waals surface area contributed by atoms with Crippen LogP contribution in [0.2, 0.25) is 0 Å². The zero-order valence-electron chi connectivity index (χ0n) is 13.3. The van der Waals surface area contributed by atoms with Gasteiger partial charge in [0.05, 0.1) is 24.5 Å². The number of hydrogen-bond acceptors (Lipinski definition) is 4. The van der Waals surface area contributed by atoms with Gasteiger partial charge in [0.25, 0.3) is 0 Å². The first-order chi connectivity index (χ1) is 11.8. The average Bonchev–Trinajstić information content (AvgIpc) is 3.26. The number of aromatic amines is 1. The molecule has 0 radical (unpaired) electrons. The number of fused-ring (bicyclic) bond motifs is 1. The van der Waals surface area contributed by atoms with Gasteiger partial charge in [-0.3, -0.25) is 4.79 Å². The lowest BCUT2D eigenvalue weighted by atomic mass is 10.1. The van der Waals surface area contributed by atoms with Crippen LogP contribution in [0.4, 0.5) is 11.6 Å². The summed E-state index contributed by atoms with van der Waals surface area (Å²) < 4.78 is 0. The highest BCUT2D eigenvalue weighted by Gasteiger charge is 2.15. The van der Waals surface area contributed by atoms with Crippen LogP contribution in [0.1, 0.15) is 18.4 Å². The van der Waals surface area contributed by atoms with Crippen LogP contribution >= 0.6 is 0 Å². The van der Waals surface area contributed by atoms with E-state index in [2.05, 4.69) is 25.2 Å². The van der Waals surface area contributed by atoms with Gasteiger partial charge in [0.1, 0.15) is 0 Å². The number of benzene rings is 1. The molecule has 6 nitrogen and oxygen atoms in total. The van der Waals surface area contributed by atoms with Gasteiger partial charge in [-0.25, -0.2) is 9.97 Å². The first kappa shape index (κ1) is 14.7. The lowest BCUT2D eigenvalue weighted by Gasteiger charge is -2.14. The van der Waals surface area contributed by atoms with E-state index in [0.29, 0.717) is 12.1 Å². The SMILES string of the molecule is O=C(Cc1c[nH]c2ccccc12)Nc1cnc(N2CCCC2)nc1. The second-order valence-corrected chi connectivity index (χ2v) is 6.05. The van der Waals surface area contributed by atoms with Crippen LogP contribution in [0.5, 0.6) is 0 Å². The molecule has 1 aromatic carbocycles. The van der Waals surface area contributed by atoms with Crippen molar-refractivity contribution >= 4 is 28.4 Å². The van der Waals surface area contributed by atoms with Crippen molar-refractivity contribution < 1.29 is 4.79 Å². The summed E-state index contributed by atoms with van der Waals surface area (Å²) >= 11 is 0. The first-order valence-electron chi connectivity index (χ1n) is 8.21. The van der Waals surface area contributed by atoms with Crippen LogP contribution in [0.3, 0.4) is 0 Å². The standard InChI is InChI=1S/C18H19N5O/c24-17(9-13-10-19-16-6-2-1-5-15(13)16)22-14-11-20-18(21-12-14)23-7-3-4-8-23/h1-2,5-6,10-12,19H,3-4,7-9H2,(H,22,24). The maximum Gasteiger partial charge on any atom is 0.228 e. The van der Waals surface area contributed by atoms with Gasteiger partial charge < -0.3 is 15.2 Å². The molecule has 0 unspecified atom stereocenters. The van der Waals surface area contributed by atoms with E-state index in [1.807, 2.05) is 30.5 Å². The van der Waals surface area contributed by atoms with Crippen molar-refractivity contribution in [2.45, 2.75) is 19.3 Å². The molecule has 4 rings (SSSR count). The van der Waals surface area contributed by atoms with E-state index in [4.69, 9.17) is 0 Å². The lowest BCUT2D eigenvalue weighted by Crippen LogP contribution is -2.21. The highest BCUT2D eigenvalue weighted by atomic mass is 16.1. The molecule has 1 amide bonds. The summed E-state index contributed by atoms with van der Waals surface area (Å²) in [4.78, 5) is 26.3. The first-order valence-corrected chi connectivity index (χ1v) is 8.21. The van der Waals surface area contributed by atoms with Crippen LogP contribution in [-0.4, -0.2) is 33.9 Å². The predicted molar refractivity (Wildman–Crippen MR) is 94.1 cm³/mol. The number of H-pyrrole nitrogens is 1. The summed E-state index contributed by atoms with van der Waals surface area (Å²) in [6, 6.07) is 7.97. The molecule has 1 aliphatic rings. The predicted octanol–water partition coefficient (Wildman–Crippen LogP) is 2.74. The third kappa shape index (κ3) is 2.95. The van der Waals surface area contributed by atoms with Crippen molar-refractivity contribution in [2.75, 3.05) is 23.3 Å². The minimum absolute atomic E-state index is 0.0720. The largest absolute Gasteiger partial charge is 0.361 e. The van der Waals surface area contributed by atoms with Crippen LogP contribution in [0, 0.1) is 0 Å². The Balaban J connectivity index is 1.42. The van der Waals surface area contributed by atoms with Gasteiger partial charge in [0.2, 0.25) is 11.9 Å². The number of carbonyl (C=O) groups excluding carboxylic acids is 1. The van der Waals surface area contributed by atoms with Gasteiger partial charge in [0.15, 0.2) is 0 Å². The van der Waals surface area contributed by atoms with Crippen LogP contribution in [-0.2, 0) is 11.2 Å². The Morgan fingerprint density at radius 2 is 1.92 bits per heavy atom. The van der Waals surface area contributed by atoms with Crippen molar-refractivity contribution in [3.63, 3.8) is 0 Å². The number of aromatic nitrogens is 3. The minimum atomic E-state index is -0.0720. The normalized spacial score (nSPS) is 14.2. The molecule has 3 heterocycles. The molecule has 2 aromatic heterocycles. The molecular formula is C18H19N5O. The number of nitrogens with zero attached hydrogens (tertiary/aromatic N) is 3. The molecule has 6 heteroatoms. The second-order valence-electron chi connectivity index (χ2n) is 6.05. The quantitative estimate of drug-likeness (QED) is 0.775. The number of para-hydroxylation sites is 1. The molecule has 0 spiro atoms. The van der Waals surface area contributed by atoms with E-state index in [0.717, 1.165) is 35.5 Å². The Labute approximate surface area is 139 Å². The van der Waals surface area contributed by atoms with Gasteiger partial charge in [0, 0.05) is 30.2 Å². The number of rotatable bonds is 4. The summed E-state index contributed by atoms with van der Waals surface area (Å²) in [5, 5.41) is 3.94.